The summed E-state index contributed by atoms with van der Waals surface area (Å²) in [4.78, 5) is 15.6. The topological polar surface area (TPSA) is 76.2 Å². The van der Waals surface area contributed by atoms with E-state index in [0.717, 1.165) is 22.9 Å². The van der Waals surface area contributed by atoms with Gasteiger partial charge < -0.3 is 10.8 Å². The fourth-order valence-corrected chi connectivity index (χ4v) is 2.19. The van der Waals surface area contributed by atoms with Crippen molar-refractivity contribution >= 4 is 22.9 Å². The van der Waals surface area contributed by atoms with Crippen molar-refractivity contribution in [1.82, 2.24) is 4.98 Å². The Kier molecular flexibility index (Phi) is 4.93. The van der Waals surface area contributed by atoms with Gasteiger partial charge >= 0.3 is 5.97 Å². The van der Waals surface area contributed by atoms with Crippen LogP contribution in [-0.2, 0) is 10.3 Å². The van der Waals surface area contributed by atoms with Crippen LogP contribution in [0.2, 0.25) is 0 Å². The van der Waals surface area contributed by atoms with Gasteiger partial charge in [0.15, 0.2) is 5.54 Å². The first-order valence-electron chi connectivity index (χ1n) is 7.55. The van der Waals surface area contributed by atoms with E-state index < -0.39 is 11.5 Å². The smallest absolute Gasteiger partial charge is 0.329 e. The molecule has 0 bridgehead atoms. The molecule has 1 unspecified atom stereocenters. The van der Waals surface area contributed by atoms with Crippen LogP contribution < -0.4 is 5.73 Å². The quantitative estimate of drug-likeness (QED) is 0.797. The highest BCUT2D eigenvalue weighted by Crippen LogP contribution is 2.21. The van der Waals surface area contributed by atoms with Crippen molar-refractivity contribution in [3.63, 3.8) is 0 Å². The Morgan fingerprint density at radius 1 is 1.36 bits per heavy atom. The molecular weight excluding hydrogens is 276 g/mol. The summed E-state index contributed by atoms with van der Waals surface area (Å²) in [6.45, 7) is 3.63. The molecule has 0 radical (unpaired) electrons. The zero-order chi connectivity index (χ0) is 16.2. The van der Waals surface area contributed by atoms with E-state index in [0.29, 0.717) is 5.69 Å². The van der Waals surface area contributed by atoms with Crippen molar-refractivity contribution in [2.45, 2.75) is 38.6 Å². The molecule has 1 aromatic carbocycles. The van der Waals surface area contributed by atoms with Gasteiger partial charge in [0.2, 0.25) is 0 Å². The van der Waals surface area contributed by atoms with Crippen molar-refractivity contribution in [2.24, 2.45) is 5.73 Å². The zero-order valence-corrected chi connectivity index (χ0v) is 13.0. The van der Waals surface area contributed by atoms with E-state index in [2.05, 4.69) is 24.1 Å². The molecule has 0 amide bonds. The predicted molar refractivity (Wildman–Crippen MR) is 89.5 cm³/mol. The number of carboxylic acids is 1. The number of carboxylic acid groups (broad SMARTS) is 1. The molecule has 0 aliphatic rings. The van der Waals surface area contributed by atoms with Crippen molar-refractivity contribution in [3.05, 3.63) is 47.7 Å². The van der Waals surface area contributed by atoms with E-state index in [1.807, 2.05) is 24.3 Å². The van der Waals surface area contributed by atoms with Gasteiger partial charge in [0.25, 0.3) is 0 Å². The maximum Gasteiger partial charge on any atom is 0.329 e. The van der Waals surface area contributed by atoms with Crippen molar-refractivity contribution in [2.75, 3.05) is 0 Å². The molecule has 1 atom stereocenters. The number of rotatable bonds is 6. The molecule has 0 aliphatic heterocycles. The normalized spacial score (nSPS) is 14.3. The Bertz CT molecular complexity index is 705. The minimum absolute atomic E-state index is 0.360. The Morgan fingerprint density at radius 3 is 2.82 bits per heavy atom. The number of allylic oxidation sites excluding steroid dienone is 1. The highest BCUT2D eigenvalue weighted by atomic mass is 16.4. The lowest BCUT2D eigenvalue weighted by Crippen LogP contribution is -2.42. The lowest BCUT2D eigenvalue weighted by Gasteiger charge is -2.18. The lowest BCUT2D eigenvalue weighted by molar-refractivity contribution is -0.143. The van der Waals surface area contributed by atoms with Gasteiger partial charge in [0, 0.05) is 5.39 Å². The third kappa shape index (κ3) is 3.52. The first-order chi connectivity index (χ1) is 10.4. The summed E-state index contributed by atoms with van der Waals surface area (Å²) >= 11 is 0. The molecule has 0 saturated heterocycles. The molecule has 0 fully saturated rings. The van der Waals surface area contributed by atoms with Gasteiger partial charge in [-0.05, 0) is 37.1 Å². The molecule has 3 N–H and O–H groups in total. The maximum absolute atomic E-state index is 11.2. The van der Waals surface area contributed by atoms with Crippen LogP contribution in [0.3, 0.4) is 0 Å². The summed E-state index contributed by atoms with van der Waals surface area (Å²) in [6.07, 6.45) is 7.74. The summed E-state index contributed by atoms with van der Waals surface area (Å²) in [5.41, 5.74) is 6.57. The molecule has 1 heterocycles. The van der Waals surface area contributed by atoms with Gasteiger partial charge in [0.1, 0.15) is 0 Å². The number of hydrogen-bond donors (Lipinski definition) is 2. The summed E-state index contributed by atoms with van der Waals surface area (Å²) < 4.78 is 0. The third-order valence-corrected chi connectivity index (χ3v) is 3.72. The number of carbonyl (C=O) groups is 1. The highest BCUT2D eigenvalue weighted by molar-refractivity contribution is 5.84. The Hall–Kier alpha value is -2.20. The lowest BCUT2D eigenvalue weighted by atomic mass is 9.98. The summed E-state index contributed by atoms with van der Waals surface area (Å²) in [7, 11) is 0. The third-order valence-electron chi connectivity index (χ3n) is 3.72. The first kappa shape index (κ1) is 16.2. The number of unbranched alkanes of at least 4 members (excludes halogenated alkanes) is 2. The van der Waals surface area contributed by atoms with E-state index in [1.165, 1.54) is 19.8 Å². The predicted octanol–water partition coefficient (Wildman–Crippen LogP) is 3.70. The van der Waals surface area contributed by atoms with E-state index >= 15 is 0 Å². The second kappa shape index (κ2) is 6.71. The first-order valence-corrected chi connectivity index (χ1v) is 7.55. The van der Waals surface area contributed by atoms with Gasteiger partial charge in [-0.2, -0.15) is 0 Å². The van der Waals surface area contributed by atoms with Crippen LogP contribution in [0.1, 0.15) is 44.4 Å². The summed E-state index contributed by atoms with van der Waals surface area (Å²) in [5.74, 6) is -1.09. The maximum atomic E-state index is 11.2. The number of pyridine rings is 1. The van der Waals surface area contributed by atoms with Crippen LogP contribution in [0.15, 0.2) is 36.4 Å². The van der Waals surface area contributed by atoms with E-state index in [-0.39, 0.29) is 0 Å². The number of fused-ring (bicyclic) bond motifs is 1. The van der Waals surface area contributed by atoms with Crippen molar-refractivity contribution < 1.29 is 9.90 Å². The summed E-state index contributed by atoms with van der Waals surface area (Å²) in [6, 6.07) is 9.48. The molecule has 1 aromatic heterocycles. The highest BCUT2D eigenvalue weighted by Gasteiger charge is 2.31. The number of nitrogens with zero attached hydrogens (tertiary/aromatic N) is 1. The fraction of sp³-hybridized carbons (Fsp3) is 0.333. The van der Waals surface area contributed by atoms with Crippen LogP contribution in [0, 0.1) is 0 Å². The molecule has 0 spiro atoms. The fourth-order valence-electron chi connectivity index (χ4n) is 2.19. The van der Waals surface area contributed by atoms with Gasteiger partial charge in [-0.3, -0.25) is 4.98 Å². The van der Waals surface area contributed by atoms with Crippen molar-refractivity contribution in [1.29, 1.82) is 0 Å². The molecule has 2 rings (SSSR count). The van der Waals surface area contributed by atoms with E-state index in [1.54, 1.807) is 6.07 Å². The van der Waals surface area contributed by atoms with Gasteiger partial charge in [0.05, 0.1) is 11.2 Å². The molecule has 116 valence electrons. The molecule has 4 nitrogen and oxygen atoms in total. The van der Waals surface area contributed by atoms with Crippen LogP contribution >= 0.6 is 0 Å². The molecule has 0 saturated carbocycles. The second-order valence-corrected chi connectivity index (χ2v) is 5.70. The monoisotopic (exact) mass is 298 g/mol. The van der Waals surface area contributed by atoms with Crippen LogP contribution in [0.5, 0.6) is 0 Å². The van der Waals surface area contributed by atoms with Gasteiger partial charge in [-0.1, -0.05) is 44.1 Å². The average molecular weight is 298 g/mol. The number of aliphatic carboxylic acids is 1. The Labute approximate surface area is 130 Å². The Morgan fingerprint density at radius 2 is 2.14 bits per heavy atom. The number of benzene rings is 1. The molecule has 2 aromatic rings. The van der Waals surface area contributed by atoms with Gasteiger partial charge in [-0.15, -0.1) is 0 Å². The zero-order valence-electron chi connectivity index (χ0n) is 13.0. The number of nitrogens with two attached hydrogens (primary N) is 1. The number of hydrogen-bond acceptors (Lipinski definition) is 3. The average Bonchev–Trinajstić information content (AvgIpc) is 2.50. The molecular formula is C18H22N2O2. The van der Waals surface area contributed by atoms with Crippen molar-refractivity contribution in [3.8, 4) is 0 Å². The standard InChI is InChI=1S/C18H22N2O2/c1-3-4-5-6-7-13-8-10-15-14(12-13)9-11-16(20-15)18(2,19)17(21)22/h6-12H,3-5,19H2,1-2H3,(H,21,22)/b7-6+. The summed E-state index contributed by atoms with van der Waals surface area (Å²) in [5, 5.41) is 10.2. The van der Waals surface area contributed by atoms with Crippen LogP contribution in [0.25, 0.3) is 17.0 Å². The minimum Gasteiger partial charge on any atom is -0.480 e. The van der Waals surface area contributed by atoms with Crippen LogP contribution in [-0.4, -0.2) is 16.1 Å². The van der Waals surface area contributed by atoms with E-state index in [4.69, 9.17) is 5.73 Å². The molecule has 0 aliphatic carbocycles. The minimum atomic E-state index is -1.48. The molecule has 22 heavy (non-hydrogen) atoms. The second-order valence-electron chi connectivity index (χ2n) is 5.70. The SMILES string of the molecule is CCCC/C=C/c1ccc2nc(C(C)(N)C(=O)O)ccc2c1. The number of aromatic nitrogens is 1. The Balaban J connectivity index is 2.29. The largest absolute Gasteiger partial charge is 0.480 e. The van der Waals surface area contributed by atoms with E-state index in [9.17, 15) is 9.90 Å². The van der Waals surface area contributed by atoms with Crippen LogP contribution in [0.4, 0.5) is 0 Å². The van der Waals surface area contributed by atoms with Gasteiger partial charge in [-0.25, -0.2) is 4.79 Å². The molecule has 4 heteroatoms.